The molecule has 0 bridgehead atoms. The molecule has 1 atom stereocenters. The topological polar surface area (TPSA) is 102 Å². The van der Waals surface area contributed by atoms with Crippen molar-refractivity contribution in [3.8, 4) is 5.75 Å². The van der Waals surface area contributed by atoms with Gasteiger partial charge in [0, 0.05) is 0 Å². The summed E-state index contributed by atoms with van der Waals surface area (Å²) in [6, 6.07) is 16.4. The number of carbonyl (C=O) groups is 4. The summed E-state index contributed by atoms with van der Waals surface area (Å²) in [5.74, 6) is -1.94. The summed E-state index contributed by atoms with van der Waals surface area (Å²) >= 11 is 0. The van der Waals surface area contributed by atoms with Crippen LogP contribution in [0.15, 0.2) is 54.6 Å². The summed E-state index contributed by atoms with van der Waals surface area (Å²) < 4.78 is 14.8. The minimum absolute atomic E-state index is 0.166. The van der Waals surface area contributed by atoms with E-state index >= 15 is 0 Å². The number of ether oxygens (including phenoxy) is 3. The molecular formula is C31H42N2O7. The zero-order valence-corrected chi connectivity index (χ0v) is 24.3. The smallest absolute Gasteiger partial charge is 0.320 e. The first kappa shape index (κ1) is 32.3. The van der Waals surface area contributed by atoms with Gasteiger partial charge in [0.15, 0.2) is 5.92 Å². The number of methoxy groups -OCH3 is 1. The molecule has 1 heterocycles. The largest absolute Gasteiger partial charge is 0.497 e. The van der Waals surface area contributed by atoms with E-state index in [1.807, 2.05) is 37.3 Å². The second-order valence-electron chi connectivity index (χ2n) is 9.23. The molecule has 3 rings (SSSR count). The molecule has 0 spiro atoms. The van der Waals surface area contributed by atoms with Crippen molar-refractivity contribution >= 4 is 35.1 Å². The number of unbranched alkanes of at least 4 members (excludes halogenated alkanes) is 2. The molecule has 9 heteroatoms. The van der Waals surface area contributed by atoms with Gasteiger partial charge < -0.3 is 14.2 Å². The third-order valence-corrected chi connectivity index (χ3v) is 6.37. The number of amides is 2. The van der Waals surface area contributed by atoms with E-state index in [0.29, 0.717) is 43.2 Å². The van der Waals surface area contributed by atoms with Gasteiger partial charge in [-0.3, -0.25) is 19.2 Å². The Kier molecular flexibility index (Phi) is 13.7. The van der Waals surface area contributed by atoms with Crippen LogP contribution in [0.25, 0.3) is 0 Å². The van der Waals surface area contributed by atoms with Gasteiger partial charge in [0.05, 0.1) is 31.7 Å². The van der Waals surface area contributed by atoms with E-state index in [1.165, 1.54) is 10.0 Å². The van der Waals surface area contributed by atoms with Crippen molar-refractivity contribution in [1.29, 1.82) is 0 Å². The highest BCUT2D eigenvalue weighted by Gasteiger charge is 2.46. The first-order valence-electron chi connectivity index (χ1n) is 14.0. The van der Waals surface area contributed by atoms with Gasteiger partial charge in [0.2, 0.25) is 0 Å². The van der Waals surface area contributed by atoms with Gasteiger partial charge in [0.25, 0.3) is 11.8 Å². The Labute approximate surface area is 237 Å². The van der Waals surface area contributed by atoms with E-state index in [9.17, 15) is 19.2 Å². The molecule has 0 aliphatic carbocycles. The van der Waals surface area contributed by atoms with E-state index in [-0.39, 0.29) is 11.8 Å². The normalized spacial score (nSPS) is 14.6. The Morgan fingerprint density at radius 3 is 1.70 bits per heavy atom. The molecule has 218 valence electrons. The van der Waals surface area contributed by atoms with Gasteiger partial charge in [0.1, 0.15) is 11.7 Å². The monoisotopic (exact) mass is 554 g/mol. The second-order valence-corrected chi connectivity index (χ2v) is 9.23. The maximum absolute atomic E-state index is 13.0. The minimum Gasteiger partial charge on any atom is -0.497 e. The number of benzene rings is 2. The Morgan fingerprint density at radius 2 is 1.25 bits per heavy atom. The Balaban J connectivity index is 0.000000323. The maximum Gasteiger partial charge on any atom is 0.320 e. The van der Waals surface area contributed by atoms with Crippen LogP contribution in [-0.2, 0) is 28.7 Å². The van der Waals surface area contributed by atoms with Crippen molar-refractivity contribution in [3.05, 3.63) is 54.6 Å². The number of esters is 2. The molecule has 2 amide bonds. The highest BCUT2D eigenvalue weighted by molar-refractivity contribution is 6.23. The molecule has 0 radical (unpaired) electrons. The summed E-state index contributed by atoms with van der Waals surface area (Å²) in [6.45, 7) is 8.09. The summed E-state index contributed by atoms with van der Waals surface area (Å²) in [4.78, 5) is 48.8. The van der Waals surface area contributed by atoms with Crippen LogP contribution in [0.5, 0.6) is 5.75 Å². The summed E-state index contributed by atoms with van der Waals surface area (Å²) in [5.41, 5.74) is 1.35. The molecule has 0 N–H and O–H groups in total. The fourth-order valence-corrected chi connectivity index (χ4v) is 4.26. The van der Waals surface area contributed by atoms with Crippen molar-refractivity contribution in [2.24, 2.45) is 11.8 Å². The van der Waals surface area contributed by atoms with Crippen LogP contribution in [0.4, 0.5) is 11.4 Å². The minimum atomic E-state index is -0.746. The number of hydrogen-bond acceptors (Lipinski definition) is 7. The summed E-state index contributed by atoms with van der Waals surface area (Å²) in [6.07, 6.45) is 4.64. The third kappa shape index (κ3) is 8.56. The lowest BCUT2D eigenvalue weighted by atomic mass is 10.0. The van der Waals surface area contributed by atoms with Crippen LogP contribution >= 0.6 is 0 Å². The van der Waals surface area contributed by atoms with Gasteiger partial charge in [-0.1, -0.05) is 57.7 Å². The van der Waals surface area contributed by atoms with E-state index < -0.39 is 23.8 Å². The van der Waals surface area contributed by atoms with Crippen LogP contribution in [0.2, 0.25) is 0 Å². The van der Waals surface area contributed by atoms with E-state index in [4.69, 9.17) is 14.2 Å². The SMILES string of the molecule is CCCCC(C(=O)OCC)C(=O)OCC.CCCCC1C(=O)N(c2ccccc2)N(c2ccc(OC)cc2)C1=O. The molecule has 1 saturated heterocycles. The van der Waals surface area contributed by atoms with Crippen LogP contribution in [-0.4, -0.2) is 44.1 Å². The molecule has 0 saturated carbocycles. The Morgan fingerprint density at radius 1 is 0.750 bits per heavy atom. The van der Waals surface area contributed by atoms with Gasteiger partial charge in [-0.2, -0.15) is 0 Å². The van der Waals surface area contributed by atoms with E-state index in [0.717, 1.165) is 25.7 Å². The van der Waals surface area contributed by atoms with Crippen molar-refractivity contribution in [2.75, 3.05) is 30.3 Å². The summed E-state index contributed by atoms with van der Waals surface area (Å²) in [5, 5.41) is 2.97. The first-order valence-corrected chi connectivity index (χ1v) is 14.0. The van der Waals surface area contributed by atoms with E-state index in [2.05, 4.69) is 6.92 Å². The molecule has 2 aromatic rings. The van der Waals surface area contributed by atoms with Crippen molar-refractivity contribution < 1.29 is 33.4 Å². The van der Waals surface area contributed by atoms with Crippen molar-refractivity contribution in [1.82, 2.24) is 0 Å². The number of rotatable bonds is 13. The fraction of sp³-hybridized carbons (Fsp3) is 0.484. The fourth-order valence-electron chi connectivity index (χ4n) is 4.26. The molecular weight excluding hydrogens is 512 g/mol. The first-order chi connectivity index (χ1) is 19.3. The molecule has 9 nitrogen and oxygen atoms in total. The van der Waals surface area contributed by atoms with Crippen LogP contribution in [0, 0.1) is 11.8 Å². The Hall–Kier alpha value is -3.88. The molecule has 2 aromatic carbocycles. The third-order valence-electron chi connectivity index (χ3n) is 6.37. The lowest BCUT2D eigenvalue weighted by Crippen LogP contribution is -2.41. The quantitative estimate of drug-likeness (QED) is 0.231. The zero-order chi connectivity index (χ0) is 29.5. The average molecular weight is 555 g/mol. The van der Waals surface area contributed by atoms with Gasteiger partial charge in [-0.05, 0) is 63.1 Å². The standard InChI is InChI=1S/C20H22N2O3.C11H20O4/c1-3-4-10-18-19(23)21(15-8-6-5-7-9-15)22(20(18)24)16-11-13-17(25-2)14-12-16;1-4-7-8-9(10(12)14-5-2)11(13)15-6-3/h5-9,11-14,18H,3-4,10H2,1-2H3;9H,4-8H2,1-3H3. The van der Waals surface area contributed by atoms with Gasteiger partial charge >= 0.3 is 11.9 Å². The second kappa shape index (κ2) is 16.9. The number of anilines is 2. The highest BCUT2D eigenvalue weighted by atomic mass is 16.6. The highest BCUT2D eigenvalue weighted by Crippen LogP contribution is 2.34. The Bertz CT molecular complexity index is 1070. The molecule has 40 heavy (non-hydrogen) atoms. The lowest BCUT2D eigenvalue weighted by Gasteiger charge is -2.27. The average Bonchev–Trinajstić information content (AvgIpc) is 3.22. The molecule has 0 aromatic heterocycles. The van der Waals surface area contributed by atoms with Gasteiger partial charge in [-0.25, -0.2) is 10.0 Å². The molecule has 1 fully saturated rings. The number of hydrazine groups is 1. The summed E-state index contributed by atoms with van der Waals surface area (Å²) in [7, 11) is 1.59. The van der Waals surface area contributed by atoms with Crippen LogP contribution < -0.4 is 14.8 Å². The zero-order valence-electron chi connectivity index (χ0n) is 24.3. The predicted molar refractivity (Wildman–Crippen MR) is 154 cm³/mol. The van der Waals surface area contributed by atoms with Crippen molar-refractivity contribution in [2.45, 2.75) is 66.2 Å². The number of hydrogen-bond donors (Lipinski definition) is 0. The predicted octanol–water partition coefficient (Wildman–Crippen LogP) is 5.72. The molecule has 1 unspecified atom stereocenters. The van der Waals surface area contributed by atoms with Crippen molar-refractivity contribution in [3.63, 3.8) is 0 Å². The molecule has 1 aliphatic heterocycles. The number of para-hydroxylation sites is 1. The van der Waals surface area contributed by atoms with E-state index in [1.54, 1.807) is 45.2 Å². The number of nitrogens with zero attached hydrogens (tertiary/aromatic N) is 2. The van der Waals surface area contributed by atoms with Crippen LogP contribution in [0.1, 0.15) is 66.2 Å². The van der Waals surface area contributed by atoms with Crippen LogP contribution in [0.3, 0.4) is 0 Å². The molecule has 1 aliphatic rings. The maximum atomic E-state index is 13.0. The van der Waals surface area contributed by atoms with Gasteiger partial charge in [-0.15, -0.1) is 0 Å². The lowest BCUT2D eigenvalue weighted by molar-refractivity contribution is -0.162. The number of carbonyl (C=O) groups excluding carboxylic acids is 4.